The van der Waals surface area contributed by atoms with Gasteiger partial charge in [0.05, 0.1) is 21.3 Å². The maximum Gasteiger partial charge on any atom is 0.377 e. The summed E-state index contributed by atoms with van der Waals surface area (Å²) < 4.78 is 77.1. The lowest BCUT2D eigenvalue weighted by atomic mass is 9.95. The van der Waals surface area contributed by atoms with E-state index in [0.29, 0.717) is 0 Å². The predicted molar refractivity (Wildman–Crippen MR) is 145 cm³/mol. The lowest BCUT2D eigenvalue weighted by Crippen LogP contribution is -2.67. The largest absolute Gasteiger partial charge is 0.506 e. The van der Waals surface area contributed by atoms with Crippen LogP contribution in [0.5, 0.6) is 0 Å². The highest BCUT2D eigenvalue weighted by atomic mass is 16.8. The minimum Gasteiger partial charge on any atom is -0.506 e. The fraction of sp³-hybridized carbons (Fsp3) is 0.815. The monoisotopic (exact) mass is 670 g/mol. The maximum absolute atomic E-state index is 13.2. The first-order chi connectivity index (χ1) is 22.0. The predicted octanol–water partition coefficient (Wildman–Crippen LogP) is -2.07. The van der Waals surface area contributed by atoms with Gasteiger partial charge in [-0.1, -0.05) is 0 Å². The van der Waals surface area contributed by atoms with Crippen LogP contribution in [-0.2, 0) is 80.7 Å². The Labute approximate surface area is 264 Å². The molecule has 0 aromatic carbocycles. The number of carbonyl (C=O) groups excluding carboxylic acids is 3. The Morgan fingerprint density at radius 2 is 1.04 bits per heavy atom. The lowest BCUT2D eigenvalue weighted by Gasteiger charge is -2.48. The van der Waals surface area contributed by atoms with Crippen molar-refractivity contribution in [2.45, 2.75) is 79.9 Å². The first kappa shape index (κ1) is 37.8. The first-order valence-corrected chi connectivity index (χ1v) is 13.8. The van der Waals surface area contributed by atoms with Crippen LogP contribution in [0, 0.1) is 0 Å². The molecular formula is C27H42O19. The van der Waals surface area contributed by atoms with Gasteiger partial charge in [0.1, 0.15) is 36.6 Å². The van der Waals surface area contributed by atoms with Gasteiger partial charge in [0, 0.05) is 42.7 Å². The van der Waals surface area contributed by atoms with E-state index in [2.05, 4.69) is 0 Å². The molecule has 0 bridgehead atoms. The van der Waals surface area contributed by atoms with E-state index in [1.807, 2.05) is 0 Å². The van der Waals surface area contributed by atoms with Gasteiger partial charge >= 0.3 is 17.9 Å². The SMILES string of the molecule is COC(=O)C1=C(O)[C@H](OC)[C@@H](OC)[C@@H](O[C@@H]2[C@H](OC)[C@@H](OC)[C@@H](O[C@@H]3[C@H](OC)[C@@H](OC)[C@H](O)O[C@@H]3C(=O)OC)O[C@@H]2C(=O)OC)O1. The molecular weight excluding hydrogens is 628 g/mol. The van der Waals surface area contributed by atoms with Crippen LogP contribution in [0.1, 0.15) is 0 Å². The molecule has 0 aliphatic carbocycles. The molecule has 2 saturated heterocycles. The molecule has 0 saturated carbocycles. The third-order valence-corrected chi connectivity index (χ3v) is 7.75. The quantitative estimate of drug-likeness (QED) is 0.159. The van der Waals surface area contributed by atoms with Crippen molar-refractivity contribution in [1.29, 1.82) is 0 Å². The summed E-state index contributed by atoms with van der Waals surface area (Å²) in [5.74, 6) is -4.14. The summed E-state index contributed by atoms with van der Waals surface area (Å²) >= 11 is 0. The highest BCUT2D eigenvalue weighted by molar-refractivity contribution is 5.87. The minimum atomic E-state index is -1.62. The van der Waals surface area contributed by atoms with E-state index in [1.165, 1.54) is 42.7 Å². The van der Waals surface area contributed by atoms with E-state index >= 15 is 0 Å². The van der Waals surface area contributed by atoms with Crippen LogP contribution in [0.2, 0.25) is 0 Å². The van der Waals surface area contributed by atoms with Crippen LogP contribution in [0.3, 0.4) is 0 Å². The number of aliphatic hydroxyl groups is 2. The summed E-state index contributed by atoms with van der Waals surface area (Å²) in [6.07, 6.45) is -17.6. The molecule has 19 heteroatoms. The van der Waals surface area contributed by atoms with Crippen molar-refractivity contribution in [2.24, 2.45) is 0 Å². The van der Waals surface area contributed by atoms with Gasteiger partial charge in [0.2, 0.25) is 12.0 Å². The number of hydrogen-bond donors (Lipinski definition) is 2. The first-order valence-electron chi connectivity index (χ1n) is 13.8. The van der Waals surface area contributed by atoms with E-state index < -0.39 is 109 Å². The number of esters is 3. The number of rotatable bonds is 13. The average molecular weight is 671 g/mol. The Morgan fingerprint density at radius 1 is 0.565 bits per heavy atom. The second-order valence-corrected chi connectivity index (χ2v) is 9.97. The normalized spacial score (nSPS) is 38.1. The molecule has 0 spiro atoms. The van der Waals surface area contributed by atoms with Crippen LogP contribution in [-0.4, -0.2) is 172 Å². The fourth-order valence-electron chi connectivity index (χ4n) is 5.50. The minimum absolute atomic E-state index is 0.612. The maximum atomic E-state index is 13.2. The van der Waals surface area contributed by atoms with Crippen LogP contribution in [0.4, 0.5) is 0 Å². The van der Waals surface area contributed by atoms with Crippen molar-refractivity contribution in [3.05, 3.63) is 11.5 Å². The van der Waals surface area contributed by atoms with Crippen molar-refractivity contribution in [3.63, 3.8) is 0 Å². The number of hydrogen-bond acceptors (Lipinski definition) is 19. The number of aliphatic hydroxyl groups excluding tert-OH is 2. The molecule has 3 aliphatic heterocycles. The standard InChI is InChI=1S/C27H42O19/c1-33-11-10(28)12(22(29)39-7)43-26(20(11)37-5)45-16-14(35-3)21(38-6)27(46-19(16)24(31)41-9)44-15-13(34-2)17(36-4)25(32)42-18(15)23(30)40-8/h11,13-21,25-28,32H,1-9H3/t11-,13-,14-,15+,16+,17+,18-,19-,20+,21+,25+,26+,27-/m0/s1. The molecule has 46 heavy (non-hydrogen) atoms. The van der Waals surface area contributed by atoms with Crippen molar-refractivity contribution >= 4 is 17.9 Å². The Balaban J connectivity index is 2.02. The van der Waals surface area contributed by atoms with Crippen molar-refractivity contribution in [1.82, 2.24) is 0 Å². The summed E-state index contributed by atoms with van der Waals surface area (Å²) in [7, 11) is 11.0. The van der Waals surface area contributed by atoms with Crippen molar-refractivity contribution in [3.8, 4) is 0 Å². The average Bonchev–Trinajstić information content (AvgIpc) is 3.07. The number of carbonyl (C=O) groups is 3. The number of methoxy groups -OCH3 is 9. The molecule has 264 valence electrons. The molecule has 13 atom stereocenters. The van der Waals surface area contributed by atoms with E-state index in [1.54, 1.807) is 0 Å². The van der Waals surface area contributed by atoms with E-state index in [4.69, 9.17) is 66.3 Å². The van der Waals surface area contributed by atoms with Gasteiger partial charge in [-0.3, -0.25) is 0 Å². The third kappa shape index (κ3) is 7.39. The summed E-state index contributed by atoms with van der Waals surface area (Å²) in [6, 6.07) is 0. The Morgan fingerprint density at radius 3 is 1.50 bits per heavy atom. The summed E-state index contributed by atoms with van der Waals surface area (Å²) in [4.78, 5) is 38.3. The zero-order valence-corrected chi connectivity index (χ0v) is 26.8. The van der Waals surface area contributed by atoms with Gasteiger partial charge in [-0.25, -0.2) is 14.4 Å². The van der Waals surface area contributed by atoms with Crippen molar-refractivity contribution < 1.29 is 90.9 Å². The molecule has 2 fully saturated rings. The fourth-order valence-corrected chi connectivity index (χ4v) is 5.50. The van der Waals surface area contributed by atoms with Gasteiger partial charge in [-0.15, -0.1) is 0 Å². The number of ether oxygens (including phenoxy) is 14. The molecule has 19 nitrogen and oxygen atoms in total. The molecule has 3 rings (SSSR count). The highest BCUT2D eigenvalue weighted by Crippen LogP contribution is 2.36. The zero-order chi connectivity index (χ0) is 34.3. The molecule has 0 amide bonds. The van der Waals surface area contributed by atoms with Gasteiger partial charge < -0.3 is 76.5 Å². The zero-order valence-electron chi connectivity index (χ0n) is 26.8. The lowest BCUT2D eigenvalue weighted by molar-refractivity contribution is -0.366. The van der Waals surface area contributed by atoms with Crippen molar-refractivity contribution in [2.75, 3.05) is 64.0 Å². The van der Waals surface area contributed by atoms with Crippen LogP contribution in [0.25, 0.3) is 0 Å². The van der Waals surface area contributed by atoms with Crippen LogP contribution >= 0.6 is 0 Å². The molecule has 0 aromatic heterocycles. The third-order valence-electron chi connectivity index (χ3n) is 7.75. The second-order valence-electron chi connectivity index (χ2n) is 9.97. The Bertz CT molecular complexity index is 1070. The van der Waals surface area contributed by atoms with E-state index in [-0.39, 0.29) is 0 Å². The molecule has 0 radical (unpaired) electrons. The highest BCUT2D eigenvalue weighted by Gasteiger charge is 2.58. The van der Waals surface area contributed by atoms with E-state index in [0.717, 1.165) is 21.3 Å². The van der Waals surface area contributed by atoms with Crippen LogP contribution < -0.4 is 0 Å². The summed E-state index contributed by atoms with van der Waals surface area (Å²) in [5, 5.41) is 21.1. The Kier molecular flexibility index (Phi) is 13.9. The summed E-state index contributed by atoms with van der Waals surface area (Å²) in [5.41, 5.74) is 0. The smallest absolute Gasteiger partial charge is 0.377 e. The van der Waals surface area contributed by atoms with E-state index in [9.17, 15) is 24.6 Å². The van der Waals surface area contributed by atoms with Gasteiger partial charge in [0.15, 0.2) is 42.8 Å². The topological polar surface area (TPSA) is 221 Å². The summed E-state index contributed by atoms with van der Waals surface area (Å²) in [6.45, 7) is 0. The van der Waals surface area contributed by atoms with Crippen LogP contribution in [0.15, 0.2) is 11.5 Å². The molecule has 2 N–H and O–H groups in total. The van der Waals surface area contributed by atoms with Gasteiger partial charge in [-0.2, -0.15) is 0 Å². The molecule has 3 heterocycles. The second kappa shape index (κ2) is 16.9. The van der Waals surface area contributed by atoms with Gasteiger partial charge in [0.25, 0.3) is 0 Å². The Hall–Kier alpha value is -2.69. The molecule has 0 unspecified atom stereocenters. The molecule has 3 aliphatic rings. The van der Waals surface area contributed by atoms with Gasteiger partial charge in [-0.05, 0) is 0 Å². The molecule has 0 aromatic rings.